The summed E-state index contributed by atoms with van der Waals surface area (Å²) in [6.45, 7) is 1.04. The van der Waals surface area contributed by atoms with Crippen LogP contribution in [-0.4, -0.2) is 19.1 Å². The fourth-order valence-electron chi connectivity index (χ4n) is 3.81. The summed E-state index contributed by atoms with van der Waals surface area (Å²) in [7, 11) is 0. The molecule has 0 bridgehead atoms. The van der Waals surface area contributed by atoms with Crippen molar-refractivity contribution in [2.24, 2.45) is 0 Å². The predicted octanol–water partition coefficient (Wildman–Crippen LogP) is 4.64. The molecule has 5 rings (SSSR count). The van der Waals surface area contributed by atoms with Crippen molar-refractivity contribution in [2.75, 3.05) is 18.5 Å². The lowest BCUT2D eigenvalue weighted by molar-refractivity contribution is -0.115. The van der Waals surface area contributed by atoms with Crippen LogP contribution in [0.3, 0.4) is 0 Å². The third kappa shape index (κ3) is 3.08. The second-order valence-electron chi connectivity index (χ2n) is 6.93. The maximum Gasteiger partial charge on any atom is 0.228 e. The lowest BCUT2D eigenvalue weighted by Crippen LogP contribution is -2.17. The van der Waals surface area contributed by atoms with Crippen molar-refractivity contribution in [2.45, 2.75) is 25.7 Å². The van der Waals surface area contributed by atoms with Gasteiger partial charge in [-0.25, -0.2) is 0 Å². The Balaban J connectivity index is 1.37. The molecule has 1 N–H and O–H groups in total. The molecule has 0 saturated carbocycles. The number of carbonyl (C=O) groups excluding carboxylic acids is 1. The standard InChI is InChI=1S/C21H18BrNO4/c22-16-9-19-20(26-5-4-25-19)10-17(16)23-21(24)8-14-11-27-18-7-13-3-1-2-12(13)6-15(14)18/h6-7,9-11H,1-5,8H2,(H,23,24). The first-order valence-corrected chi connectivity index (χ1v) is 9.87. The van der Waals surface area contributed by atoms with Crippen LogP contribution in [0.2, 0.25) is 0 Å². The molecule has 3 aromatic rings. The summed E-state index contributed by atoms with van der Waals surface area (Å²) < 4.78 is 17.6. The van der Waals surface area contributed by atoms with Crippen LogP contribution in [0.5, 0.6) is 11.5 Å². The first-order valence-electron chi connectivity index (χ1n) is 9.08. The monoisotopic (exact) mass is 427 g/mol. The maximum absolute atomic E-state index is 12.6. The molecule has 27 heavy (non-hydrogen) atoms. The smallest absolute Gasteiger partial charge is 0.228 e. The first kappa shape index (κ1) is 16.7. The summed E-state index contributed by atoms with van der Waals surface area (Å²) in [5.41, 5.74) is 5.18. The number of nitrogens with one attached hydrogen (secondary N) is 1. The molecular formula is C21H18BrNO4. The number of carbonyl (C=O) groups is 1. The average molecular weight is 428 g/mol. The van der Waals surface area contributed by atoms with E-state index in [2.05, 4.69) is 33.4 Å². The fraction of sp³-hybridized carbons (Fsp3) is 0.286. The summed E-state index contributed by atoms with van der Waals surface area (Å²) in [5, 5.41) is 3.99. The number of halogens is 1. The van der Waals surface area contributed by atoms with E-state index in [9.17, 15) is 4.79 Å². The first-order chi connectivity index (χ1) is 13.2. The van der Waals surface area contributed by atoms with Crippen LogP contribution in [0.4, 0.5) is 5.69 Å². The number of amides is 1. The zero-order chi connectivity index (χ0) is 18.4. The Hall–Kier alpha value is -2.47. The summed E-state index contributed by atoms with van der Waals surface area (Å²) in [6, 6.07) is 7.91. The molecule has 1 aliphatic carbocycles. The molecule has 0 atom stereocenters. The van der Waals surface area contributed by atoms with Gasteiger partial charge in [-0.1, -0.05) is 0 Å². The lowest BCUT2D eigenvalue weighted by atomic mass is 10.0. The lowest BCUT2D eigenvalue weighted by Gasteiger charge is -2.20. The summed E-state index contributed by atoms with van der Waals surface area (Å²) in [6.07, 6.45) is 5.35. The van der Waals surface area contributed by atoms with Crippen LogP contribution in [-0.2, 0) is 24.1 Å². The van der Waals surface area contributed by atoms with E-state index in [0.717, 1.165) is 33.8 Å². The Bertz CT molecular complexity index is 1060. The number of furan rings is 1. The number of hydrogen-bond donors (Lipinski definition) is 1. The van der Waals surface area contributed by atoms with Gasteiger partial charge >= 0.3 is 0 Å². The Labute approximate surface area is 164 Å². The van der Waals surface area contributed by atoms with Crippen molar-refractivity contribution in [3.8, 4) is 11.5 Å². The van der Waals surface area contributed by atoms with E-state index < -0.39 is 0 Å². The van der Waals surface area contributed by atoms with Crippen LogP contribution < -0.4 is 14.8 Å². The number of anilines is 1. The van der Waals surface area contributed by atoms with Gasteiger partial charge in [-0.15, -0.1) is 0 Å². The van der Waals surface area contributed by atoms with Crippen molar-refractivity contribution in [1.29, 1.82) is 0 Å². The summed E-state index contributed by atoms with van der Waals surface area (Å²) >= 11 is 3.49. The fourth-order valence-corrected chi connectivity index (χ4v) is 4.23. The molecule has 0 unspecified atom stereocenters. The summed E-state index contributed by atoms with van der Waals surface area (Å²) in [5.74, 6) is 1.22. The van der Waals surface area contributed by atoms with Gasteiger partial charge in [-0.05, 0) is 58.5 Å². The van der Waals surface area contributed by atoms with Crippen molar-refractivity contribution in [3.63, 3.8) is 0 Å². The largest absolute Gasteiger partial charge is 0.486 e. The van der Waals surface area contributed by atoms with E-state index in [0.29, 0.717) is 30.4 Å². The highest BCUT2D eigenvalue weighted by atomic mass is 79.9. The van der Waals surface area contributed by atoms with Gasteiger partial charge in [0.05, 0.1) is 18.4 Å². The maximum atomic E-state index is 12.6. The molecule has 0 saturated heterocycles. The SMILES string of the molecule is O=C(Cc1coc2cc3c(cc12)CCC3)Nc1cc2c(cc1Br)OCCO2. The number of rotatable bonds is 3. The number of hydrogen-bond acceptors (Lipinski definition) is 4. The second-order valence-corrected chi connectivity index (χ2v) is 7.79. The van der Waals surface area contributed by atoms with E-state index in [1.165, 1.54) is 17.5 Å². The van der Waals surface area contributed by atoms with Gasteiger partial charge in [0, 0.05) is 27.6 Å². The Morgan fingerprint density at radius 2 is 1.78 bits per heavy atom. The van der Waals surface area contributed by atoms with Gasteiger partial charge in [0.25, 0.3) is 0 Å². The minimum Gasteiger partial charge on any atom is -0.486 e. The minimum absolute atomic E-state index is 0.101. The molecular weight excluding hydrogens is 410 g/mol. The third-order valence-electron chi connectivity index (χ3n) is 5.13. The number of aryl methyl sites for hydroxylation is 2. The number of fused-ring (bicyclic) bond motifs is 3. The molecule has 2 aliphatic rings. The van der Waals surface area contributed by atoms with Crippen molar-refractivity contribution >= 4 is 38.5 Å². The molecule has 2 aromatic carbocycles. The molecule has 5 nitrogen and oxygen atoms in total. The van der Waals surface area contributed by atoms with Gasteiger partial charge in [0.1, 0.15) is 18.8 Å². The van der Waals surface area contributed by atoms with Gasteiger partial charge in [-0.3, -0.25) is 4.79 Å². The zero-order valence-corrected chi connectivity index (χ0v) is 16.2. The molecule has 0 fully saturated rings. The summed E-state index contributed by atoms with van der Waals surface area (Å²) in [4.78, 5) is 12.6. The normalized spacial score (nSPS) is 15.0. The van der Waals surface area contributed by atoms with Gasteiger partial charge < -0.3 is 19.2 Å². The van der Waals surface area contributed by atoms with Crippen LogP contribution in [0.15, 0.2) is 39.4 Å². The molecule has 1 amide bonds. The molecule has 0 spiro atoms. The van der Waals surface area contributed by atoms with E-state index in [1.807, 2.05) is 6.07 Å². The number of benzene rings is 2. The van der Waals surface area contributed by atoms with Crippen LogP contribution in [0.1, 0.15) is 23.1 Å². The third-order valence-corrected chi connectivity index (χ3v) is 5.78. The molecule has 6 heteroatoms. The highest BCUT2D eigenvalue weighted by Crippen LogP contribution is 2.38. The van der Waals surface area contributed by atoms with E-state index >= 15 is 0 Å². The minimum atomic E-state index is -0.101. The molecule has 138 valence electrons. The average Bonchev–Trinajstić information content (AvgIpc) is 3.27. The molecule has 2 heterocycles. The van der Waals surface area contributed by atoms with Gasteiger partial charge in [0.15, 0.2) is 11.5 Å². The van der Waals surface area contributed by atoms with E-state index in [4.69, 9.17) is 13.9 Å². The van der Waals surface area contributed by atoms with Gasteiger partial charge in [-0.2, -0.15) is 0 Å². The highest BCUT2D eigenvalue weighted by molar-refractivity contribution is 9.10. The Morgan fingerprint density at radius 1 is 1.04 bits per heavy atom. The molecule has 1 aromatic heterocycles. The van der Waals surface area contributed by atoms with E-state index in [1.54, 1.807) is 12.3 Å². The van der Waals surface area contributed by atoms with Gasteiger partial charge in [0.2, 0.25) is 5.91 Å². The zero-order valence-electron chi connectivity index (χ0n) is 14.6. The number of ether oxygens (including phenoxy) is 2. The Morgan fingerprint density at radius 3 is 2.59 bits per heavy atom. The highest BCUT2D eigenvalue weighted by Gasteiger charge is 2.19. The van der Waals surface area contributed by atoms with Crippen molar-refractivity contribution in [1.82, 2.24) is 0 Å². The van der Waals surface area contributed by atoms with Crippen LogP contribution in [0.25, 0.3) is 11.0 Å². The van der Waals surface area contributed by atoms with E-state index in [-0.39, 0.29) is 12.3 Å². The predicted molar refractivity (Wildman–Crippen MR) is 106 cm³/mol. The van der Waals surface area contributed by atoms with Crippen LogP contribution >= 0.6 is 15.9 Å². The molecule has 1 aliphatic heterocycles. The second kappa shape index (κ2) is 6.60. The quantitative estimate of drug-likeness (QED) is 0.661. The van der Waals surface area contributed by atoms with Crippen LogP contribution in [0, 0.1) is 0 Å². The van der Waals surface area contributed by atoms with Crippen molar-refractivity contribution in [3.05, 3.63) is 51.7 Å². The molecule has 0 radical (unpaired) electrons. The Kier molecular flexibility index (Phi) is 4.08. The van der Waals surface area contributed by atoms with Crippen molar-refractivity contribution < 1.29 is 18.7 Å². The topological polar surface area (TPSA) is 60.7 Å².